The van der Waals surface area contributed by atoms with E-state index in [9.17, 15) is 4.79 Å². The molecular formula is C16H22N2OS. The molecule has 0 radical (unpaired) electrons. The molecule has 0 aromatic carbocycles. The van der Waals surface area contributed by atoms with Crippen molar-refractivity contribution in [3.8, 4) is 0 Å². The highest BCUT2D eigenvalue weighted by Gasteiger charge is 2.17. The van der Waals surface area contributed by atoms with E-state index in [1.54, 1.807) is 11.3 Å². The maximum absolute atomic E-state index is 12.3. The van der Waals surface area contributed by atoms with Crippen molar-refractivity contribution in [1.82, 2.24) is 9.88 Å². The minimum atomic E-state index is 0.141. The van der Waals surface area contributed by atoms with E-state index < -0.39 is 0 Å². The van der Waals surface area contributed by atoms with Crippen molar-refractivity contribution in [2.45, 2.75) is 45.2 Å². The average Bonchev–Trinajstić information content (AvgIpc) is 2.91. The Morgan fingerprint density at radius 1 is 1.40 bits per heavy atom. The van der Waals surface area contributed by atoms with Crippen LogP contribution in [0.25, 0.3) is 10.1 Å². The van der Waals surface area contributed by atoms with Gasteiger partial charge in [0.25, 0.3) is 5.56 Å². The minimum absolute atomic E-state index is 0.141. The van der Waals surface area contributed by atoms with Crippen molar-refractivity contribution in [2.75, 3.05) is 6.54 Å². The molecule has 2 unspecified atom stereocenters. The summed E-state index contributed by atoms with van der Waals surface area (Å²) >= 11 is 1.63. The lowest BCUT2D eigenvalue weighted by Gasteiger charge is -2.27. The molecule has 1 aliphatic carbocycles. The van der Waals surface area contributed by atoms with Crippen LogP contribution in [0, 0.1) is 5.92 Å². The third-order valence-corrected chi connectivity index (χ3v) is 5.20. The predicted molar refractivity (Wildman–Crippen MR) is 85.5 cm³/mol. The number of hydrogen-bond donors (Lipinski definition) is 1. The van der Waals surface area contributed by atoms with Crippen molar-refractivity contribution in [1.29, 1.82) is 0 Å². The van der Waals surface area contributed by atoms with E-state index in [0.29, 0.717) is 6.04 Å². The van der Waals surface area contributed by atoms with Gasteiger partial charge < -0.3 is 9.88 Å². The number of thiophene rings is 1. The molecule has 1 N–H and O–H groups in total. The molecule has 1 aliphatic rings. The van der Waals surface area contributed by atoms with E-state index in [0.717, 1.165) is 29.1 Å². The monoisotopic (exact) mass is 290 g/mol. The third kappa shape index (κ3) is 2.96. The molecule has 0 bridgehead atoms. The molecule has 1 saturated carbocycles. The van der Waals surface area contributed by atoms with Crippen LogP contribution in [0.4, 0.5) is 0 Å². The first-order valence-corrected chi connectivity index (χ1v) is 8.42. The van der Waals surface area contributed by atoms with E-state index in [1.807, 2.05) is 28.3 Å². The molecule has 0 saturated heterocycles. The van der Waals surface area contributed by atoms with E-state index >= 15 is 0 Å². The fraction of sp³-hybridized carbons (Fsp3) is 0.562. The fourth-order valence-corrected chi connectivity index (χ4v) is 3.96. The van der Waals surface area contributed by atoms with Crippen LogP contribution in [0.2, 0.25) is 0 Å². The standard InChI is InChI=1S/C16H22N2OS/c1-12-3-2-4-13(11-12)17-7-9-18-8-5-15-14(16(18)19)6-10-20-15/h5-6,8,10,12-13,17H,2-4,7,9,11H2,1H3. The fourth-order valence-electron chi connectivity index (χ4n) is 3.19. The van der Waals surface area contributed by atoms with E-state index in [2.05, 4.69) is 12.2 Å². The number of nitrogens with one attached hydrogen (secondary N) is 1. The molecule has 0 aliphatic heterocycles. The quantitative estimate of drug-likeness (QED) is 0.938. The van der Waals surface area contributed by atoms with E-state index in [1.165, 1.54) is 25.7 Å². The Bertz CT molecular complexity index is 631. The lowest BCUT2D eigenvalue weighted by atomic mass is 9.87. The number of hydrogen-bond acceptors (Lipinski definition) is 3. The minimum Gasteiger partial charge on any atom is -0.314 e. The number of pyridine rings is 1. The van der Waals surface area contributed by atoms with Crippen molar-refractivity contribution < 1.29 is 0 Å². The summed E-state index contributed by atoms with van der Waals surface area (Å²) in [6, 6.07) is 4.61. The van der Waals surface area contributed by atoms with Gasteiger partial charge in [-0.3, -0.25) is 4.79 Å². The Morgan fingerprint density at radius 3 is 3.15 bits per heavy atom. The summed E-state index contributed by atoms with van der Waals surface area (Å²) in [4.78, 5) is 12.3. The molecule has 0 spiro atoms. The summed E-state index contributed by atoms with van der Waals surface area (Å²) in [6.45, 7) is 3.98. The van der Waals surface area contributed by atoms with Crippen LogP contribution < -0.4 is 10.9 Å². The summed E-state index contributed by atoms with van der Waals surface area (Å²) < 4.78 is 2.91. The van der Waals surface area contributed by atoms with Crippen LogP contribution in [0.3, 0.4) is 0 Å². The predicted octanol–water partition coefficient (Wildman–Crippen LogP) is 3.23. The Labute approximate surface area is 123 Å². The van der Waals surface area contributed by atoms with Gasteiger partial charge in [-0.15, -0.1) is 11.3 Å². The zero-order valence-electron chi connectivity index (χ0n) is 12.0. The Hall–Kier alpha value is -1.13. The van der Waals surface area contributed by atoms with Gasteiger partial charge in [0.1, 0.15) is 0 Å². The van der Waals surface area contributed by atoms with Crippen molar-refractivity contribution in [3.05, 3.63) is 34.1 Å². The van der Waals surface area contributed by atoms with Gasteiger partial charge in [-0.2, -0.15) is 0 Å². The van der Waals surface area contributed by atoms with Gasteiger partial charge in [-0.1, -0.05) is 19.8 Å². The zero-order chi connectivity index (χ0) is 13.9. The Kier molecular flexibility index (Phi) is 4.22. The molecular weight excluding hydrogens is 268 g/mol. The highest BCUT2D eigenvalue weighted by atomic mass is 32.1. The highest BCUT2D eigenvalue weighted by molar-refractivity contribution is 7.17. The smallest absolute Gasteiger partial charge is 0.259 e. The molecule has 2 heterocycles. The SMILES string of the molecule is CC1CCCC(NCCn2ccc3sccc3c2=O)C1. The van der Waals surface area contributed by atoms with E-state index in [4.69, 9.17) is 0 Å². The number of rotatable bonds is 4. The van der Waals surface area contributed by atoms with Crippen LogP contribution in [-0.4, -0.2) is 17.2 Å². The van der Waals surface area contributed by atoms with Crippen LogP contribution >= 0.6 is 11.3 Å². The van der Waals surface area contributed by atoms with Crippen LogP contribution in [-0.2, 0) is 6.54 Å². The number of fused-ring (bicyclic) bond motifs is 1. The molecule has 108 valence electrons. The summed E-state index contributed by atoms with van der Waals surface area (Å²) in [5.74, 6) is 0.839. The Balaban J connectivity index is 1.59. The average molecular weight is 290 g/mol. The first-order valence-electron chi connectivity index (χ1n) is 7.54. The first-order chi connectivity index (χ1) is 9.74. The van der Waals surface area contributed by atoms with Gasteiger partial charge in [0.2, 0.25) is 0 Å². The number of nitrogens with zero attached hydrogens (tertiary/aromatic N) is 1. The molecule has 4 heteroatoms. The van der Waals surface area contributed by atoms with Crippen LogP contribution in [0.5, 0.6) is 0 Å². The second kappa shape index (κ2) is 6.10. The van der Waals surface area contributed by atoms with Gasteiger partial charge in [0.15, 0.2) is 0 Å². The highest BCUT2D eigenvalue weighted by Crippen LogP contribution is 2.23. The van der Waals surface area contributed by atoms with Gasteiger partial charge in [0, 0.05) is 30.0 Å². The topological polar surface area (TPSA) is 34.0 Å². The molecule has 1 fully saturated rings. The van der Waals surface area contributed by atoms with Crippen molar-refractivity contribution in [2.24, 2.45) is 5.92 Å². The molecule has 3 rings (SSSR count). The molecule has 2 atom stereocenters. The summed E-state index contributed by atoms with van der Waals surface area (Å²) in [5, 5.41) is 6.45. The van der Waals surface area contributed by atoms with Crippen LogP contribution in [0.15, 0.2) is 28.5 Å². The zero-order valence-corrected chi connectivity index (χ0v) is 12.8. The van der Waals surface area contributed by atoms with E-state index in [-0.39, 0.29) is 5.56 Å². The summed E-state index contributed by atoms with van der Waals surface area (Å²) in [6.07, 6.45) is 7.18. The van der Waals surface area contributed by atoms with Gasteiger partial charge in [-0.25, -0.2) is 0 Å². The normalized spacial score (nSPS) is 23.2. The molecule has 2 aromatic heterocycles. The summed E-state index contributed by atoms with van der Waals surface area (Å²) in [5.41, 5.74) is 0.141. The van der Waals surface area contributed by atoms with Crippen molar-refractivity contribution in [3.63, 3.8) is 0 Å². The Morgan fingerprint density at radius 2 is 2.30 bits per heavy atom. The lowest BCUT2D eigenvalue weighted by Crippen LogP contribution is -2.36. The molecule has 0 amide bonds. The summed E-state index contributed by atoms with van der Waals surface area (Å²) in [7, 11) is 0. The van der Waals surface area contributed by atoms with Gasteiger partial charge >= 0.3 is 0 Å². The van der Waals surface area contributed by atoms with Gasteiger partial charge in [-0.05, 0) is 36.3 Å². The third-order valence-electron chi connectivity index (χ3n) is 4.31. The largest absolute Gasteiger partial charge is 0.314 e. The first kappa shape index (κ1) is 13.8. The van der Waals surface area contributed by atoms with Crippen molar-refractivity contribution >= 4 is 21.4 Å². The lowest BCUT2D eigenvalue weighted by molar-refractivity contribution is 0.299. The molecule has 20 heavy (non-hydrogen) atoms. The maximum Gasteiger partial charge on any atom is 0.259 e. The van der Waals surface area contributed by atoms with Crippen LogP contribution in [0.1, 0.15) is 32.6 Å². The molecule has 2 aromatic rings. The number of aromatic nitrogens is 1. The second-order valence-corrected chi connectivity index (χ2v) is 6.88. The molecule has 3 nitrogen and oxygen atoms in total. The van der Waals surface area contributed by atoms with Gasteiger partial charge in [0.05, 0.1) is 5.39 Å². The maximum atomic E-state index is 12.3. The second-order valence-electron chi connectivity index (χ2n) is 5.94.